The number of carbonyl (C=O) groups excluding carboxylic acids is 2. The van der Waals surface area contributed by atoms with Gasteiger partial charge in [-0.15, -0.1) is 0 Å². The predicted molar refractivity (Wildman–Crippen MR) is 114 cm³/mol. The minimum absolute atomic E-state index is 0.00869. The van der Waals surface area contributed by atoms with Crippen molar-refractivity contribution < 1.29 is 14.0 Å². The molecule has 2 aromatic carbocycles. The minimum atomic E-state index is -0.707. The van der Waals surface area contributed by atoms with Gasteiger partial charge in [-0.1, -0.05) is 48.9 Å². The van der Waals surface area contributed by atoms with Gasteiger partial charge >= 0.3 is 0 Å². The number of amides is 2. The first-order chi connectivity index (χ1) is 13.7. The lowest BCUT2D eigenvalue weighted by atomic mass is 10.0. The van der Waals surface area contributed by atoms with E-state index in [1.165, 1.54) is 11.0 Å². The third-order valence-corrected chi connectivity index (χ3v) is 5.31. The molecule has 0 aliphatic heterocycles. The quantitative estimate of drug-likeness (QED) is 0.720. The third-order valence-electron chi connectivity index (χ3n) is 5.31. The molecule has 4 nitrogen and oxygen atoms in total. The van der Waals surface area contributed by atoms with Gasteiger partial charge in [-0.25, -0.2) is 4.39 Å². The number of hydrogen-bond acceptors (Lipinski definition) is 2. The van der Waals surface area contributed by atoms with Crippen molar-refractivity contribution in [1.82, 2.24) is 10.2 Å². The molecule has 1 N–H and O–H groups in total. The van der Waals surface area contributed by atoms with Gasteiger partial charge in [-0.05, 0) is 51.3 Å². The first kappa shape index (κ1) is 22.6. The van der Waals surface area contributed by atoms with Crippen molar-refractivity contribution in [3.63, 3.8) is 0 Å². The van der Waals surface area contributed by atoms with E-state index in [-0.39, 0.29) is 36.6 Å². The highest BCUT2D eigenvalue weighted by molar-refractivity contribution is 5.88. The van der Waals surface area contributed by atoms with Gasteiger partial charge in [0.05, 0.1) is 6.42 Å². The maximum absolute atomic E-state index is 14.2. The van der Waals surface area contributed by atoms with Crippen molar-refractivity contribution in [2.24, 2.45) is 0 Å². The molecule has 0 radical (unpaired) electrons. The number of rotatable bonds is 8. The van der Waals surface area contributed by atoms with Crippen LogP contribution in [0.1, 0.15) is 49.4 Å². The predicted octanol–water partition coefficient (Wildman–Crippen LogP) is 4.32. The molecule has 2 amide bonds. The molecule has 0 heterocycles. The molecule has 2 unspecified atom stereocenters. The molecule has 0 aliphatic carbocycles. The summed E-state index contributed by atoms with van der Waals surface area (Å²) in [6.07, 6.45) is 0.963. The summed E-state index contributed by atoms with van der Waals surface area (Å²) in [5, 5.41) is 2.92. The van der Waals surface area contributed by atoms with Crippen molar-refractivity contribution in [1.29, 1.82) is 0 Å². The van der Waals surface area contributed by atoms with Crippen LogP contribution >= 0.6 is 0 Å². The molecule has 2 rings (SSSR count). The van der Waals surface area contributed by atoms with Gasteiger partial charge in [0.15, 0.2) is 0 Å². The summed E-state index contributed by atoms with van der Waals surface area (Å²) in [5.41, 5.74) is 3.40. The first-order valence-corrected chi connectivity index (χ1v) is 10.1. The van der Waals surface area contributed by atoms with Crippen LogP contribution in [0.2, 0.25) is 0 Å². The standard InChI is InChI=1S/C24H31FN2O2/c1-6-18(4)26-24(29)19(5)27(15-20-9-7-8-10-22(20)25)23(28)14-21-13-16(2)11-12-17(21)3/h7-13,18-19H,6,14-15H2,1-5H3,(H,26,29). The number of carbonyl (C=O) groups is 2. The van der Waals surface area contributed by atoms with Crippen molar-refractivity contribution in [3.8, 4) is 0 Å². The lowest BCUT2D eigenvalue weighted by molar-refractivity contribution is -0.140. The summed E-state index contributed by atoms with van der Waals surface area (Å²) in [6.45, 7) is 9.59. The van der Waals surface area contributed by atoms with Crippen LogP contribution in [0.25, 0.3) is 0 Å². The molecule has 0 aromatic heterocycles. The van der Waals surface area contributed by atoms with Crippen LogP contribution in [-0.4, -0.2) is 28.8 Å². The Morgan fingerprint density at radius 1 is 1.07 bits per heavy atom. The summed E-state index contributed by atoms with van der Waals surface area (Å²) in [6, 6.07) is 11.6. The van der Waals surface area contributed by atoms with Gasteiger partial charge in [0.25, 0.3) is 0 Å². The molecule has 0 bridgehead atoms. The summed E-state index contributed by atoms with van der Waals surface area (Å²) < 4.78 is 14.2. The fraction of sp³-hybridized carbons (Fsp3) is 0.417. The second kappa shape index (κ2) is 10.2. The molecule has 0 saturated carbocycles. The van der Waals surface area contributed by atoms with Crippen LogP contribution in [0, 0.1) is 19.7 Å². The fourth-order valence-electron chi connectivity index (χ4n) is 3.11. The summed E-state index contributed by atoms with van der Waals surface area (Å²) in [5.74, 6) is -0.815. The zero-order valence-corrected chi connectivity index (χ0v) is 18.0. The second-order valence-corrected chi connectivity index (χ2v) is 7.71. The lowest BCUT2D eigenvalue weighted by Gasteiger charge is -2.30. The number of halogens is 1. The molecule has 0 spiro atoms. The topological polar surface area (TPSA) is 49.4 Å². The van der Waals surface area contributed by atoms with Gasteiger partial charge in [0, 0.05) is 18.2 Å². The van der Waals surface area contributed by atoms with E-state index < -0.39 is 6.04 Å². The highest BCUT2D eigenvalue weighted by Crippen LogP contribution is 2.17. The largest absolute Gasteiger partial charge is 0.352 e. The number of nitrogens with zero attached hydrogens (tertiary/aromatic N) is 1. The molecule has 0 fully saturated rings. The van der Waals surface area contributed by atoms with E-state index in [9.17, 15) is 14.0 Å². The van der Waals surface area contributed by atoms with Crippen LogP contribution in [-0.2, 0) is 22.6 Å². The summed E-state index contributed by atoms with van der Waals surface area (Å²) in [7, 11) is 0. The Labute approximate surface area is 173 Å². The SMILES string of the molecule is CCC(C)NC(=O)C(C)N(Cc1ccccc1F)C(=O)Cc1cc(C)ccc1C. The smallest absolute Gasteiger partial charge is 0.242 e. The highest BCUT2D eigenvalue weighted by atomic mass is 19.1. The molecule has 2 aromatic rings. The molecular formula is C24H31FN2O2. The summed E-state index contributed by atoms with van der Waals surface area (Å²) in [4.78, 5) is 27.4. The molecule has 5 heteroatoms. The van der Waals surface area contributed by atoms with E-state index in [1.807, 2.05) is 45.9 Å². The van der Waals surface area contributed by atoms with E-state index in [2.05, 4.69) is 5.32 Å². The van der Waals surface area contributed by atoms with Crippen LogP contribution < -0.4 is 5.32 Å². The maximum Gasteiger partial charge on any atom is 0.242 e. The van der Waals surface area contributed by atoms with Gasteiger partial charge in [-0.2, -0.15) is 0 Å². The molecule has 2 atom stereocenters. The number of hydrogen-bond donors (Lipinski definition) is 1. The Balaban J connectivity index is 2.29. The Kier molecular flexibility index (Phi) is 7.94. The Hall–Kier alpha value is -2.69. The van der Waals surface area contributed by atoms with Crippen LogP contribution in [0.5, 0.6) is 0 Å². The van der Waals surface area contributed by atoms with Gasteiger partial charge in [0.2, 0.25) is 11.8 Å². The second-order valence-electron chi connectivity index (χ2n) is 7.71. The normalized spacial score (nSPS) is 12.9. The van der Waals surface area contributed by atoms with Crippen molar-refractivity contribution >= 4 is 11.8 Å². The number of nitrogens with one attached hydrogen (secondary N) is 1. The lowest BCUT2D eigenvalue weighted by Crippen LogP contribution is -2.50. The minimum Gasteiger partial charge on any atom is -0.352 e. The van der Waals surface area contributed by atoms with Crippen molar-refractivity contribution in [3.05, 3.63) is 70.5 Å². The highest BCUT2D eigenvalue weighted by Gasteiger charge is 2.27. The van der Waals surface area contributed by atoms with E-state index in [0.717, 1.165) is 23.1 Å². The van der Waals surface area contributed by atoms with E-state index >= 15 is 0 Å². The summed E-state index contributed by atoms with van der Waals surface area (Å²) >= 11 is 0. The Morgan fingerprint density at radius 2 is 1.76 bits per heavy atom. The van der Waals surface area contributed by atoms with Crippen LogP contribution in [0.3, 0.4) is 0 Å². The zero-order chi connectivity index (χ0) is 21.6. The average Bonchev–Trinajstić information content (AvgIpc) is 2.69. The van der Waals surface area contributed by atoms with Gasteiger partial charge in [-0.3, -0.25) is 9.59 Å². The average molecular weight is 399 g/mol. The molecule has 29 heavy (non-hydrogen) atoms. The first-order valence-electron chi connectivity index (χ1n) is 10.1. The van der Waals surface area contributed by atoms with E-state index in [4.69, 9.17) is 0 Å². The van der Waals surface area contributed by atoms with Crippen molar-refractivity contribution in [2.75, 3.05) is 0 Å². The van der Waals surface area contributed by atoms with Crippen molar-refractivity contribution in [2.45, 2.75) is 66.1 Å². The molecular weight excluding hydrogens is 367 g/mol. The maximum atomic E-state index is 14.2. The third kappa shape index (κ3) is 6.14. The van der Waals surface area contributed by atoms with Crippen LogP contribution in [0.15, 0.2) is 42.5 Å². The fourth-order valence-corrected chi connectivity index (χ4v) is 3.11. The van der Waals surface area contributed by atoms with E-state index in [0.29, 0.717) is 5.56 Å². The number of benzene rings is 2. The van der Waals surface area contributed by atoms with Gasteiger partial charge < -0.3 is 10.2 Å². The monoisotopic (exact) mass is 398 g/mol. The van der Waals surface area contributed by atoms with Gasteiger partial charge in [0.1, 0.15) is 11.9 Å². The molecule has 0 aliphatic rings. The Bertz CT molecular complexity index is 866. The van der Waals surface area contributed by atoms with Crippen LogP contribution in [0.4, 0.5) is 4.39 Å². The molecule has 0 saturated heterocycles. The molecule has 156 valence electrons. The Morgan fingerprint density at radius 3 is 2.41 bits per heavy atom. The zero-order valence-electron chi connectivity index (χ0n) is 18.0. The van der Waals surface area contributed by atoms with E-state index in [1.54, 1.807) is 25.1 Å². The number of aryl methyl sites for hydroxylation is 2.